The summed E-state index contributed by atoms with van der Waals surface area (Å²) < 4.78 is 4.96. The minimum atomic E-state index is -0.857. The average Bonchev–Trinajstić information content (AvgIpc) is 2.62. The molecule has 0 aliphatic rings. The first-order valence-electron chi connectivity index (χ1n) is 6.89. The molecule has 0 unspecified atom stereocenters. The van der Waals surface area contributed by atoms with E-state index in [2.05, 4.69) is 10.5 Å². The molecule has 1 N–H and O–H groups in total. The van der Waals surface area contributed by atoms with Gasteiger partial charge in [-0.1, -0.05) is 0 Å². The zero-order valence-corrected chi connectivity index (χ0v) is 13.2. The first-order valence-corrected chi connectivity index (χ1v) is 6.89. The molecule has 0 aliphatic heterocycles. The first kappa shape index (κ1) is 18.3. The van der Waals surface area contributed by atoms with E-state index in [-0.39, 0.29) is 11.3 Å². The van der Waals surface area contributed by atoms with E-state index < -0.39 is 32.0 Å². The van der Waals surface area contributed by atoms with Gasteiger partial charge in [0.25, 0.3) is 5.69 Å². The molecule has 26 heavy (non-hydrogen) atoms. The molecule has 0 saturated carbocycles. The van der Waals surface area contributed by atoms with Gasteiger partial charge >= 0.3 is 11.5 Å². The monoisotopic (exact) mass is 361 g/mol. The van der Waals surface area contributed by atoms with Gasteiger partial charge in [-0.2, -0.15) is 5.43 Å². The lowest BCUT2D eigenvalue weighted by Gasteiger charge is -2.02. The van der Waals surface area contributed by atoms with Gasteiger partial charge in [0, 0.05) is 6.07 Å². The van der Waals surface area contributed by atoms with Crippen LogP contribution in [0.15, 0.2) is 47.6 Å². The first-order chi connectivity index (χ1) is 12.3. The number of hydrogen-bond donors (Lipinski definition) is 1. The molecule has 0 aromatic heterocycles. The fourth-order valence-corrected chi connectivity index (χ4v) is 1.94. The van der Waals surface area contributed by atoms with Crippen molar-refractivity contribution in [3.8, 4) is 5.75 Å². The van der Waals surface area contributed by atoms with Crippen molar-refractivity contribution >= 4 is 22.9 Å². The Hall–Kier alpha value is -4.09. The summed E-state index contributed by atoms with van der Waals surface area (Å²) in [5.74, 6) is -0.115. The highest BCUT2D eigenvalue weighted by atomic mass is 16.6. The Balaban J connectivity index is 2.39. The van der Waals surface area contributed by atoms with Crippen LogP contribution in [0.25, 0.3) is 0 Å². The molecule has 0 heterocycles. The zero-order chi connectivity index (χ0) is 19.3. The van der Waals surface area contributed by atoms with E-state index in [4.69, 9.17) is 4.74 Å². The van der Waals surface area contributed by atoms with Crippen LogP contribution in [0.1, 0.15) is 5.56 Å². The number of hydrazone groups is 1. The van der Waals surface area contributed by atoms with Crippen molar-refractivity contribution in [2.75, 3.05) is 12.5 Å². The lowest BCUT2D eigenvalue weighted by molar-refractivity contribution is -0.393. The van der Waals surface area contributed by atoms with Crippen LogP contribution in [0.4, 0.5) is 17.1 Å². The topological polar surface area (TPSA) is 163 Å². The smallest absolute Gasteiger partial charge is 0.395 e. The van der Waals surface area contributed by atoms with E-state index in [1.807, 2.05) is 0 Å². The number of non-ortho nitro benzene ring substituents is 1. The second-order valence-corrected chi connectivity index (χ2v) is 4.75. The second-order valence-electron chi connectivity index (χ2n) is 4.75. The number of amidine groups is 1. The van der Waals surface area contributed by atoms with Gasteiger partial charge in [0.05, 0.1) is 33.7 Å². The summed E-state index contributed by atoms with van der Waals surface area (Å²) in [4.78, 5) is 30.6. The van der Waals surface area contributed by atoms with Crippen molar-refractivity contribution in [3.63, 3.8) is 0 Å². The minimum Gasteiger partial charge on any atom is -0.497 e. The highest BCUT2D eigenvalue weighted by Gasteiger charge is 2.22. The molecule has 0 saturated heterocycles. The van der Waals surface area contributed by atoms with Crippen molar-refractivity contribution in [2.24, 2.45) is 5.10 Å². The van der Waals surface area contributed by atoms with Gasteiger partial charge in [0.15, 0.2) is 5.69 Å². The highest BCUT2D eigenvalue weighted by molar-refractivity contribution is 5.93. The van der Waals surface area contributed by atoms with Gasteiger partial charge < -0.3 is 14.9 Å². The number of nitrogens with one attached hydrogen (secondary N) is 1. The SMILES string of the molecule is COc1ccc(/C(=N\Nc2ccc([N+](=O)[O-])cc2[N+](=O)[O-])[N+](=O)[O-])cc1. The quantitative estimate of drug-likeness (QED) is 0.355. The number of benzene rings is 2. The number of methoxy groups -OCH3 is 1. The van der Waals surface area contributed by atoms with Crippen LogP contribution in [-0.2, 0) is 0 Å². The Bertz CT molecular complexity index is 895. The Kier molecular flexibility index (Phi) is 5.37. The predicted octanol–water partition coefficient (Wildman–Crippen LogP) is 2.56. The lowest BCUT2D eigenvalue weighted by Crippen LogP contribution is -2.15. The Morgan fingerprint density at radius 2 is 1.65 bits per heavy atom. The molecule has 0 bridgehead atoms. The molecule has 2 aromatic rings. The second kappa shape index (κ2) is 7.65. The van der Waals surface area contributed by atoms with Crippen LogP contribution in [0.5, 0.6) is 5.75 Å². The average molecular weight is 361 g/mol. The fraction of sp³-hybridized carbons (Fsp3) is 0.0714. The van der Waals surface area contributed by atoms with Crippen molar-refractivity contribution < 1.29 is 19.5 Å². The Morgan fingerprint density at radius 3 is 2.15 bits per heavy atom. The number of rotatable bonds is 6. The van der Waals surface area contributed by atoms with Gasteiger partial charge in [0.1, 0.15) is 5.75 Å². The number of ether oxygens (including phenoxy) is 1. The Labute approximate surface area is 145 Å². The van der Waals surface area contributed by atoms with Gasteiger partial charge in [0.2, 0.25) is 0 Å². The number of anilines is 1. The maximum absolute atomic E-state index is 11.2. The van der Waals surface area contributed by atoms with E-state index in [0.29, 0.717) is 5.75 Å². The Morgan fingerprint density at radius 1 is 1.00 bits per heavy atom. The maximum Gasteiger partial charge on any atom is 0.395 e. The fourth-order valence-electron chi connectivity index (χ4n) is 1.94. The third-order valence-electron chi connectivity index (χ3n) is 3.19. The van der Waals surface area contributed by atoms with E-state index in [9.17, 15) is 30.3 Å². The van der Waals surface area contributed by atoms with Crippen LogP contribution in [-0.4, -0.2) is 27.7 Å². The summed E-state index contributed by atoms with van der Waals surface area (Å²) in [5, 5.41) is 36.6. The molecule has 0 spiro atoms. The number of nitro benzene ring substituents is 2. The van der Waals surface area contributed by atoms with Crippen molar-refractivity contribution in [1.82, 2.24) is 0 Å². The summed E-state index contributed by atoms with van der Waals surface area (Å²) in [6, 6.07) is 8.57. The molecule has 2 aromatic carbocycles. The molecule has 12 heteroatoms. The normalized spacial score (nSPS) is 10.9. The van der Waals surface area contributed by atoms with Crippen molar-refractivity contribution in [3.05, 3.63) is 78.4 Å². The maximum atomic E-state index is 11.2. The van der Waals surface area contributed by atoms with Crippen LogP contribution >= 0.6 is 0 Å². The van der Waals surface area contributed by atoms with Crippen molar-refractivity contribution in [1.29, 1.82) is 0 Å². The molecule has 0 aliphatic carbocycles. The van der Waals surface area contributed by atoms with Crippen LogP contribution < -0.4 is 10.2 Å². The number of hydrogen-bond acceptors (Lipinski definition) is 9. The molecule has 0 radical (unpaired) electrons. The minimum absolute atomic E-state index is 0.132. The van der Waals surface area contributed by atoms with Crippen LogP contribution in [0.2, 0.25) is 0 Å². The summed E-state index contributed by atoms with van der Waals surface area (Å²) >= 11 is 0. The molecular weight excluding hydrogens is 350 g/mol. The highest BCUT2D eigenvalue weighted by Crippen LogP contribution is 2.29. The molecule has 0 fully saturated rings. The van der Waals surface area contributed by atoms with E-state index in [1.165, 1.54) is 31.4 Å². The van der Waals surface area contributed by atoms with E-state index in [0.717, 1.165) is 18.2 Å². The molecule has 0 amide bonds. The third kappa shape index (κ3) is 4.05. The lowest BCUT2D eigenvalue weighted by atomic mass is 10.2. The number of nitrogens with zero attached hydrogens (tertiary/aromatic N) is 4. The van der Waals surface area contributed by atoms with Gasteiger partial charge in [-0.05, 0) is 35.3 Å². The third-order valence-corrected chi connectivity index (χ3v) is 3.19. The van der Waals surface area contributed by atoms with Gasteiger partial charge in [-0.15, -0.1) is 0 Å². The molecule has 12 nitrogen and oxygen atoms in total. The molecule has 2 rings (SSSR count). The standard InChI is InChI=1S/C14H11N5O7/c1-26-11-5-2-9(3-6-11)14(19(24)25)16-15-12-7-4-10(17(20)21)8-13(12)18(22)23/h2-8,15H,1H3/b16-14+. The van der Waals surface area contributed by atoms with E-state index in [1.54, 1.807) is 0 Å². The summed E-state index contributed by atoms with van der Waals surface area (Å²) in [5.41, 5.74) is 0.996. The summed E-state index contributed by atoms with van der Waals surface area (Å²) in [7, 11) is 1.44. The van der Waals surface area contributed by atoms with Crippen molar-refractivity contribution in [2.45, 2.75) is 0 Å². The zero-order valence-electron chi connectivity index (χ0n) is 13.2. The molecular formula is C14H11N5O7. The summed E-state index contributed by atoms with van der Waals surface area (Å²) in [6.45, 7) is 0. The summed E-state index contributed by atoms with van der Waals surface area (Å²) in [6.07, 6.45) is 0. The molecule has 134 valence electrons. The van der Waals surface area contributed by atoms with Crippen LogP contribution in [0.3, 0.4) is 0 Å². The number of nitro groups is 3. The van der Waals surface area contributed by atoms with Gasteiger partial charge in [-0.3, -0.25) is 20.2 Å². The van der Waals surface area contributed by atoms with Crippen LogP contribution in [0, 0.1) is 30.3 Å². The largest absolute Gasteiger partial charge is 0.497 e. The van der Waals surface area contributed by atoms with E-state index >= 15 is 0 Å². The predicted molar refractivity (Wildman–Crippen MR) is 89.9 cm³/mol. The van der Waals surface area contributed by atoms with Gasteiger partial charge in [-0.25, -0.2) is 0 Å². The molecule has 0 atom stereocenters.